The van der Waals surface area contributed by atoms with Crippen molar-refractivity contribution in [3.05, 3.63) is 59.0 Å². The molecule has 1 aliphatic rings. The maximum Gasteiger partial charge on any atom is 0.409 e. The number of rotatable bonds is 3. The lowest BCUT2D eigenvalue weighted by atomic mass is 10.1. The summed E-state index contributed by atoms with van der Waals surface area (Å²) in [5.74, 6) is 7.27. The van der Waals surface area contributed by atoms with Crippen molar-refractivity contribution in [2.45, 2.75) is 13.0 Å². The lowest BCUT2D eigenvalue weighted by Crippen LogP contribution is -2.49. The molecular formula is C20H21ClN2O3. The molecule has 1 aromatic carbocycles. The molecule has 0 N–H and O–H groups in total. The summed E-state index contributed by atoms with van der Waals surface area (Å²) in [6.45, 7) is 4.82. The van der Waals surface area contributed by atoms with E-state index in [9.17, 15) is 4.79 Å². The van der Waals surface area contributed by atoms with Crippen LogP contribution in [-0.2, 0) is 4.74 Å². The third kappa shape index (κ3) is 4.60. The topological polar surface area (TPSA) is 45.9 Å². The van der Waals surface area contributed by atoms with Gasteiger partial charge in [0.25, 0.3) is 0 Å². The van der Waals surface area contributed by atoms with E-state index >= 15 is 0 Å². The molecule has 0 aliphatic carbocycles. The number of carbonyl (C=O) groups excluding carboxylic acids is 1. The number of amides is 1. The first-order valence-electron chi connectivity index (χ1n) is 8.63. The molecule has 6 heteroatoms. The first-order chi connectivity index (χ1) is 12.7. The summed E-state index contributed by atoms with van der Waals surface area (Å²) < 4.78 is 10.7. The van der Waals surface area contributed by atoms with Gasteiger partial charge in [-0.3, -0.25) is 4.90 Å². The minimum Gasteiger partial charge on any atom is -0.467 e. The highest BCUT2D eigenvalue weighted by molar-refractivity contribution is 6.30. The molecule has 0 spiro atoms. The van der Waals surface area contributed by atoms with E-state index in [4.69, 9.17) is 20.8 Å². The van der Waals surface area contributed by atoms with Crippen LogP contribution in [0.3, 0.4) is 0 Å². The maximum atomic E-state index is 11.9. The van der Waals surface area contributed by atoms with Crippen LogP contribution < -0.4 is 0 Å². The van der Waals surface area contributed by atoms with Crippen molar-refractivity contribution in [2.24, 2.45) is 0 Å². The molecule has 0 saturated carbocycles. The number of hydrogen-bond acceptors (Lipinski definition) is 4. The lowest BCUT2D eigenvalue weighted by Gasteiger charge is -2.36. The number of piperazine rings is 1. The van der Waals surface area contributed by atoms with Gasteiger partial charge in [0, 0.05) is 36.8 Å². The first-order valence-corrected chi connectivity index (χ1v) is 9.01. The van der Waals surface area contributed by atoms with Crippen LogP contribution in [0.1, 0.15) is 24.3 Å². The molecule has 3 rings (SSSR count). The third-order valence-electron chi connectivity index (χ3n) is 4.20. The standard InChI is InChI=1S/C20H21ClN2O3/c1-2-25-20(24)23-12-10-22(11-13-23)18(19-7-4-14-26-19)9-8-16-5-3-6-17(21)15-16/h3-7,14-15,18H,2,10-13H2,1H3. The summed E-state index contributed by atoms with van der Waals surface area (Å²) in [5, 5.41) is 0.661. The summed E-state index contributed by atoms with van der Waals surface area (Å²) in [6, 6.07) is 11.1. The zero-order chi connectivity index (χ0) is 18.4. The summed E-state index contributed by atoms with van der Waals surface area (Å²) in [4.78, 5) is 15.8. The summed E-state index contributed by atoms with van der Waals surface area (Å²) in [7, 11) is 0. The summed E-state index contributed by atoms with van der Waals surface area (Å²) >= 11 is 6.03. The molecule has 2 aromatic rings. The van der Waals surface area contributed by atoms with E-state index in [1.165, 1.54) is 0 Å². The van der Waals surface area contributed by atoms with Crippen LogP contribution in [0.25, 0.3) is 0 Å². The van der Waals surface area contributed by atoms with E-state index in [0.29, 0.717) is 37.8 Å². The molecule has 1 aliphatic heterocycles. The Morgan fingerprint density at radius 3 is 2.73 bits per heavy atom. The largest absolute Gasteiger partial charge is 0.467 e. The predicted molar refractivity (Wildman–Crippen MR) is 99.9 cm³/mol. The highest BCUT2D eigenvalue weighted by Crippen LogP contribution is 2.22. The lowest BCUT2D eigenvalue weighted by molar-refractivity contribution is 0.0710. The second kappa shape index (κ2) is 8.79. The number of benzene rings is 1. The normalized spacial score (nSPS) is 15.8. The number of carbonyl (C=O) groups is 1. The van der Waals surface area contributed by atoms with Crippen molar-refractivity contribution in [1.29, 1.82) is 0 Å². The Hall–Kier alpha value is -2.42. The van der Waals surface area contributed by atoms with Crippen LogP contribution in [0.2, 0.25) is 5.02 Å². The second-order valence-electron chi connectivity index (χ2n) is 5.92. The molecule has 26 heavy (non-hydrogen) atoms. The fourth-order valence-corrected chi connectivity index (χ4v) is 3.07. The number of hydrogen-bond donors (Lipinski definition) is 0. The summed E-state index contributed by atoms with van der Waals surface area (Å²) in [6.07, 6.45) is 1.39. The molecule has 0 radical (unpaired) electrons. The fourth-order valence-electron chi connectivity index (χ4n) is 2.88. The van der Waals surface area contributed by atoms with Gasteiger partial charge in [-0.2, -0.15) is 0 Å². The van der Waals surface area contributed by atoms with Gasteiger partial charge < -0.3 is 14.1 Å². The van der Waals surface area contributed by atoms with Gasteiger partial charge in [-0.15, -0.1) is 0 Å². The Balaban J connectivity index is 1.74. The molecule has 5 nitrogen and oxygen atoms in total. The fraction of sp³-hybridized carbons (Fsp3) is 0.350. The van der Waals surface area contributed by atoms with Crippen LogP contribution in [0.15, 0.2) is 47.1 Å². The highest BCUT2D eigenvalue weighted by Gasteiger charge is 2.28. The van der Waals surface area contributed by atoms with Gasteiger partial charge in [-0.1, -0.05) is 29.5 Å². The van der Waals surface area contributed by atoms with E-state index in [0.717, 1.165) is 11.3 Å². The van der Waals surface area contributed by atoms with Gasteiger partial charge in [0.05, 0.1) is 12.9 Å². The smallest absolute Gasteiger partial charge is 0.409 e. The third-order valence-corrected chi connectivity index (χ3v) is 4.43. The zero-order valence-corrected chi connectivity index (χ0v) is 15.4. The number of furan rings is 1. The van der Waals surface area contributed by atoms with E-state index < -0.39 is 0 Å². The van der Waals surface area contributed by atoms with Gasteiger partial charge in [0.2, 0.25) is 0 Å². The molecule has 1 aromatic heterocycles. The monoisotopic (exact) mass is 372 g/mol. The number of ether oxygens (including phenoxy) is 1. The molecule has 1 fully saturated rings. The van der Waals surface area contributed by atoms with E-state index in [1.807, 2.05) is 43.3 Å². The minimum absolute atomic E-state index is 0.173. The second-order valence-corrected chi connectivity index (χ2v) is 6.36. The Labute approximate surface area is 158 Å². The Morgan fingerprint density at radius 1 is 1.27 bits per heavy atom. The van der Waals surface area contributed by atoms with Crippen molar-refractivity contribution in [2.75, 3.05) is 32.8 Å². The highest BCUT2D eigenvalue weighted by atomic mass is 35.5. The SMILES string of the molecule is CCOC(=O)N1CCN(C(C#Cc2cccc(Cl)c2)c2ccco2)CC1. The van der Waals surface area contributed by atoms with Crippen LogP contribution in [-0.4, -0.2) is 48.7 Å². The molecule has 1 unspecified atom stereocenters. The van der Waals surface area contributed by atoms with E-state index in [2.05, 4.69) is 16.7 Å². The molecule has 1 saturated heterocycles. The van der Waals surface area contributed by atoms with Crippen molar-refractivity contribution >= 4 is 17.7 Å². The number of nitrogens with zero attached hydrogens (tertiary/aromatic N) is 2. The molecule has 1 amide bonds. The first kappa shape index (κ1) is 18.4. The van der Waals surface area contributed by atoms with Gasteiger partial charge in [0.15, 0.2) is 0 Å². The van der Waals surface area contributed by atoms with Crippen LogP contribution >= 0.6 is 11.6 Å². The zero-order valence-electron chi connectivity index (χ0n) is 14.7. The minimum atomic E-state index is -0.258. The maximum absolute atomic E-state index is 11.9. The van der Waals surface area contributed by atoms with Gasteiger partial charge in [-0.05, 0) is 37.3 Å². The number of halogens is 1. The molecule has 2 heterocycles. The van der Waals surface area contributed by atoms with Gasteiger partial charge >= 0.3 is 6.09 Å². The average Bonchev–Trinajstić information content (AvgIpc) is 3.17. The molecule has 0 bridgehead atoms. The van der Waals surface area contributed by atoms with Crippen LogP contribution in [0.5, 0.6) is 0 Å². The van der Waals surface area contributed by atoms with E-state index in [1.54, 1.807) is 11.2 Å². The van der Waals surface area contributed by atoms with Crippen molar-refractivity contribution < 1.29 is 13.9 Å². The van der Waals surface area contributed by atoms with Gasteiger partial charge in [-0.25, -0.2) is 4.79 Å². The summed E-state index contributed by atoms with van der Waals surface area (Å²) in [5.41, 5.74) is 0.860. The van der Waals surface area contributed by atoms with Crippen molar-refractivity contribution in [3.8, 4) is 11.8 Å². The van der Waals surface area contributed by atoms with Gasteiger partial charge in [0.1, 0.15) is 11.8 Å². The van der Waals surface area contributed by atoms with Crippen LogP contribution in [0, 0.1) is 11.8 Å². The van der Waals surface area contributed by atoms with Crippen LogP contribution in [0.4, 0.5) is 4.79 Å². The van der Waals surface area contributed by atoms with E-state index in [-0.39, 0.29) is 12.1 Å². The molecule has 136 valence electrons. The Morgan fingerprint density at radius 2 is 2.08 bits per heavy atom. The Bertz CT molecular complexity index is 787. The molecular weight excluding hydrogens is 352 g/mol. The Kier molecular flexibility index (Phi) is 6.21. The van der Waals surface area contributed by atoms with Crippen molar-refractivity contribution in [3.63, 3.8) is 0 Å². The van der Waals surface area contributed by atoms with Crippen molar-refractivity contribution in [1.82, 2.24) is 9.80 Å². The predicted octanol–water partition coefficient (Wildman–Crippen LogP) is 3.80. The quantitative estimate of drug-likeness (QED) is 0.769. The molecule has 1 atom stereocenters. The average molecular weight is 373 g/mol.